The lowest BCUT2D eigenvalue weighted by Gasteiger charge is -2.43. The maximum atomic E-state index is 14.5. The van der Waals surface area contributed by atoms with E-state index >= 15 is 0 Å². The minimum Gasteiger partial charge on any atom is -0.460 e. The number of allylic oxidation sites excluding steroid dienone is 6. The molecule has 2 bridgehead atoms. The molecule has 0 aromatic carbocycles. The summed E-state index contributed by atoms with van der Waals surface area (Å²) in [5.41, 5.74) is 1.50. The van der Waals surface area contributed by atoms with Gasteiger partial charge in [0.05, 0.1) is 50.8 Å². The Morgan fingerprint density at radius 2 is 1.53 bits per heavy atom. The summed E-state index contributed by atoms with van der Waals surface area (Å²) < 4.78 is 47.0. The number of Topliss-reactive ketones (excluding diaryl/α,β-unsaturated/α-hetero) is 3. The molecule has 408 valence electrons. The highest BCUT2D eigenvalue weighted by molar-refractivity contribution is 6.39. The summed E-state index contributed by atoms with van der Waals surface area (Å²) >= 11 is 0. The van der Waals surface area contributed by atoms with Gasteiger partial charge in [0.15, 0.2) is 5.78 Å². The molecule has 1 unspecified atom stereocenters. The Bertz CT molecular complexity index is 1880. The number of carbonyl (C=O) groups excluding carboxylic acids is 5. The topological polar surface area (TPSA) is 203 Å². The molecule has 3 fully saturated rings. The molecule has 4 aliphatic rings. The number of amides is 1. The molecule has 0 aromatic rings. The maximum absolute atomic E-state index is 14.5. The van der Waals surface area contributed by atoms with Crippen LogP contribution < -0.4 is 0 Å². The maximum Gasteiger partial charge on any atom is 0.329 e. The van der Waals surface area contributed by atoms with Gasteiger partial charge < -0.3 is 53.0 Å². The highest BCUT2D eigenvalue weighted by atomic mass is 16.6. The van der Waals surface area contributed by atoms with E-state index in [9.17, 15) is 34.2 Å². The first-order valence-corrected chi connectivity index (χ1v) is 26.5. The largest absolute Gasteiger partial charge is 0.460 e. The molecule has 2 saturated heterocycles. The molecule has 3 aliphatic heterocycles. The predicted octanol–water partition coefficient (Wildman–Crippen LogP) is 6.87. The molecule has 1 aliphatic carbocycles. The molecule has 2 N–H and O–H groups in total. The zero-order valence-corrected chi connectivity index (χ0v) is 45.2. The molecule has 3 heterocycles. The molecular formula is C56H89NO15. The fraction of sp³-hybridized carbons (Fsp3) is 0.768. The van der Waals surface area contributed by atoms with Crippen LogP contribution >= 0.6 is 0 Å². The van der Waals surface area contributed by atoms with E-state index in [1.807, 2.05) is 58.1 Å². The third-order valence-electron chi connectivity index (χ3n) is 15.4. The van der Waals surface area contributed by atoms with Crippen molar-refractivity contribution >= 4 is 29.2 Å². The number of ketones is 3. The van der Waals surface area contributed by atoms with Crippen LogP contribution in [0.2, 0.25) is 0 Å². The van der Waals surface area contributed by atoms with Gasteiger partial charge in [-0.3, -0.25) is 19.2 Å². The number of methoxy groups -OCH3 is 4. The summed E-state index contributed by atoms with van der Waals surface area (Å²) in [6, 6.07) is -1.15. The molecule has 16 heteroatoms. The van der Waals surface area contributed by atoms with E-state index in [0.29, 0.717) is 76.8 Å². The van der Waals surface area contributed by atoms with Gasteiger partial charge in [-0.25, -0.2) is 4.79 Å². The molecule has 1 saturated carbocycles. The third kappa shape index (κ3) is 17.3. The van der Waals surface area contributed by atoms with Crippen molar-refractivity contribution in [2.45, 2.75) is 180 Å². The molecule has 72 heavy (non-hydrogen) atoms. The summed E-state index contributed by atoms with van der Waals surface area (Å²) in [5.74, 6) is -7.67. The number of piperidine rings is 1. The minimum absolute atomic E-state index is 0.0344. The summed E-state index contributed by atoms with van der Waals surface area (Å²) in [5, 5.41) is 22.7. The average Bonchev–Trinajstić information content (AvgIpc) is 3.36. The Morgan fingerprint density at radius 1 is 0.806 bits per heavy atom. The van der Waals surface area contributed by atoms with Crippen LogP contribution in [-0.2, 0) is 61.9 Å². The average molecular weight is 1020 g/mol. The lowest BCUT2D eigenvalue weighted by molar-refractivity contribution is -0.266. The predicted molar refractivity (Wildman–Crippen MR) is 272 cm³/mol. The van der Waals surface area contributed by atoms with Gasteiger partial charge in [0.25, 0.3) is 11.7 Å². The number of rotatable bonds is 13. The second-order valence-corrected chi connectivity index (χ2v) is 21.0. The van der Waals surface area contributed by atoms with Crippen molar-refractivity contribution in [2.75, 3.05) is 61.4 Å². The van der Waals surface area contributed by atoms with E-state index in [2.05, 4.69) is 0 Å². The van der Waals surface area contributed by atoms with E-state index in [0.717, 1.165) is 12.0 Å². The van der Waals surface area contributed by atoms with Gasteiger partial charge in [-0.15, -0.1) is 0 Å². The number of aliphatic hydroxyl groups is 2. The second kappa shape index (κ2) is 30.2. The van der Waals surface area contributed by atoms with Crippen molar-refractivity contribution in [3.8, 4) is 0 Å². The third-order valence-corrected chi connectivity index (χ3v) is 15.4. The highest BCUT2D eigenvalue weighted by Gasteiger charge is 2.53. The van der Waals surface area contributed by atoms with Crippen LogP contribution in [0.5, 0.6) is 0 Å². The Labute approximate surface area is 429 Å². The molecule has 0 spiro atoms. The van der Waals surface area contributed by atoms with Crippen molar-refractivity contribution in [2.24, 2.45) is 35.5 Å². The molecule has 16 nitrogen and oxygen atoms in total. The van der Waals surface area contributed by atoms with E-state index in [1.165, 1.54) is 19.1 Å². The minimum atomic E-state index is -2.47. The Morgan fingerprint density at radius 3 is 2.22 bits per heavy atom. The highest BCUT2D eigenvalue weighted by Crippen LogP contribution is 2.38. The van der Waals surface area contributed by atoms with Crippen molar-refractivity contribution in [3.05, 3.63) is 47.6 Å². The van der Waals surface area contributed by atoms with E-state index < -0.39 is 77.9 Å². The van der Waals surface area contributed by atoms with Gasteiger partial charge >= 0.3 is 5.97 Å². The quantitative estimate of drug-likeness (QED) is 0.0837. The smallest absolute Gasteiger partial charge is 0.329 e. The van der Waals surface area contributed by atoms with Crippen LogP contribution in [-0.4, -0.2) is 160 Å². The van der Waals surface area contributed by atoms with E-state index in [4.69, 9.17) is 37.9 Å². The van der Waals surface area contributed by atoms with Crippen molar-refractivity contribution in [3.63, 3.8) is 0 Å². The van der Waals surface area contributed by atoms with E-state index in [1.54, 1.807) is 41.1 Å². The first-order chi connectivity index (χ1) is 34.3. The van der Waals surface area contributed by atoms with Gasteiger partial charge in [0.1, 0.15) is 30.1 Å². The summed E-state index contributed by atoms with van der Waals surface area (Å²) in [6.07, 6.45) is 12.1. The van der Waals surface area contributed by atoms with Gasteiger partial charge in [0.2, 0.25) is 5.79 Å². The van der Waals surface area contributed by atoms with Gasteiger partial charge in [0, 0.05) is 65.6 Å². The summed E-state index contributed by atoms with van der Waals surface area (Å²) in [7, 11) is 6.16. The standard InChI is InChI=1S/C56H89NO15/c1-35-17-13-12-14-18-36(2)47(70-28-27-69-26-25-65-8)33-43-22-20-41(7)56(64,72-43)53(61)54(62)57-24-16-15-19-44(57)55(63)71-48(38(4)31-42-21-23-45(58)49(32-42)66-9)34-46(59)37(3)30-40(6)51(67-10)52(68-11)50(60)39(5)29-35/h12-14,17-18,30,35,37-39,41-45,47-49,51-52,58,64H,15-16,19-29,31-34H2,1-11H3/b14-12?,17-13+,36-18?,40-30+/t35-,37-,38-,39-,41-,42+,43+,44+,45-,47?,48+,49-,51-,52+,56-/m1/s1. The SMILES string of the molecule is COCCOCCOC1C[C@@H]2CC[C@@H](C)[C@@](O)(O2)C(=O)C(=O)N2CCCC[C@H]2C(=O)O[C@H]([C@H](C)C[C@@H]2CC[C@@H](O)[C@H](OC)C2)CC(=O)[C@H](C)/C=C(\C)[C@@H](OC)[C@@H](OC)C(=O)[C@H](C)C[C@H](C)/C=C/C=CC=C1C. The number of nitrogens with zero attached hydrogens (tertiary/aromatic N) is 1. The summed E-state index contributed by atoms with van der Waals surface area (Å²) in [4.78, 5) is 72.9. The molecule has 1 amide bonds. The van der Waals surface area contributed by atoms with Gasteiger partial charge in [-0.1, -0.05) is 71.1 Å². The normalized spacial score (nSPS) is 36.5. The van der Waals surface area contributed by atoms with Crippen LogP contribution in [0.15, 0.2) is 47.6 Å². The van der Waals surface area contributed by atoms with Crippen LogP contribution in [0, 0.1) is 35.5 Å². The zero-order valence-electron chi connectivity index (χ0n) is 45.2. The van der Waals surface area contributed by atoms with Crippen LogP contribution in [0.1, 0.15) is 126 Å². The number of aliphatic hydroxyl groups excluding tert-OH is 1. The first-order valence-electron chi connectivity index (χ1n) is 26.5. The number of esters is 1. The lowest BCUT2D eigenvalue weighted by atomic mass is 9.78. The van der Waals surface area contributed by atoms with Crippen molar-refractivity contribution in [1.29, 1.82) is 0 Å². The molecule has 0 aromatic heterocycles. The van der Waals surface area contributed by atoms with Crippen molar-refractivity contribution in [1.82, 2.24) is 4.90 Å². The van der Waals surface area contributed by atoms with E-state index in [-0.39, 0.29) is 73.8 Å². The monoisotopic (exact) mass is 1020 g/mol. The van der Waals surface area contributed by atoms with Gasteiger partial charge in [-0.2, -0.15) is 0 Å². The first kappa shape index (κ1) is 61.1. The van der Waals surface area contributed by atoms with Crippen LogP contribution in [0.25, 0.3) is 0 Å². The number of fused-ring (bicyclic) bond motifs is 3. The van der Waals surface area contributed by atoms with Crippen molar-refractivity contribution < 1.29 is 72.1 Å². The number of ether oxygens (including phenoxy) is 8. The fourth-order valence-electron chi connectivity index (χ4n) is 10.8. The molecule has 15 atom stereocenters. The molecular weight excluding hydrogens is 927 g/mol. The van der Waals surface area contributed by atoms with Gasteiger partial charge in [-0.05, 0) is 107 Å². The van der Waals surface area contributed by atoms with Crippen LogP contribution in [0.3, 0.4) is 0 Å². The summed E-state index contributed by atoms with van der Waals surface area (Å²) in [6.45, 7) is 14.5. The number of carbonyl (C=O) groups is 5. The Hall–Kier alpha value is -3.45. The fourth-order valence-corrected chi connectivity index (χ4v) is 10.8. The number of cyclic esters (lactones) is 1. The molecule has 0 radical (unpaired) electrons. The number of hydrogen-bond acceptors (Lipinski definition) is 15. The molecule has 4 rings (SSSR count). The second-order valence-electron chi connectivity index (χ2n) is 21.0. The number of hydrogen-bond donors (Lipinski definition) is 2. The van der Waals surface area contributed by atoms with Crippen LogP contribution in [0.4, 0.5) is 0 Å². The zero-order chi connectivity index (χ0) is 53.1. The Kier molecular flexibility index (Phi) is 25.6. The lowest BCUT2D eigenvalue weighted by Crippen LogP contribution is -2.61. The Balaban J connectivity index is 1.73.